The molecule has 2 atom stereocenters. The van der Waals surface area contributed by atoms with Crippen molar-refractivity contribution in [3.05, 3.63) is 199 Å². The molecule has 3 aromatic heterocycles. The lowest BCUT2D eigenvalue weighted by Gasteiger charge is -2.32. The second-order valence-electron chi connectivity index (χ2n) is 14.8. The number of hydrogen-bond acceptors (Lipinski definition) is 5. The molecule has 57 heavy (non-hydrogen) atoms. The van der Waals surface area contributed by atoms with E-state index in [-0.39, 0.29) is 12.3 Å². The first kappa shape index (κ1) is 32.7. The molecule has 6 heteroatoms. The van der Waals surface area contributed by atoms with Crippen LogP contribution in [0.2, 0.25) is 0 Å². The van der Waals surface area contributed by atoms with Crippen LogP contribution in [0.3, 0.4) is 0 Å². The van der Waals surface area contributed by atoms with Crippen molar-refractivity contribution >= 4 is 90.7 Å². The van der Waals surface area contributed by atoms with Gasteiger partial charge in [-0.3, -0.25) is 5.32 Å². The van der Waals surface area contributed by atoms with Crippen molar-refractivity contribution in [2.45, 2.75) is 12.3 Å². The molecule has 2 N–H and O–H groups in total. The third-order valence-electron chi connectivity index (χ3n) is 11.5. The lowest BCUT2D eigenvalue weighted by atomic mass is 9.97. The lowest BCUT2D eigenvalue weighted by Crippen LogP contribution is -2.44. The van der Waals surface area contributed by atoms with E-state index in [9.17, 15) is 0 Å². The first-order valence-electron chi connectivity index (χ1n) is 19.3. The number of nitrogens with zero attached hydrogens (tertiary/aromatic N) is 2. The average molecular weight is 767 g/mol. The Labute approximate surface area is 337 Å². The highest BCUT2D eigenvalue weighted by molar-refractivity contribution is 7.26. The number of nitrogens with one attached hydrogen (secondary N) is 2. The zero-order valence-corrected chi connectivity index (χ0v) is 32.3. The molecule has 0 saturated heterocycles. The molecule has 270 valence electrons. The van der Waals surface area contributed by atoms with Crippen LogP contribution < -0.4 is 10.6 Å². The fourth-order valence-electron chi connectivity index (χ4n) is 8.82. The van der Waals surface area contributed by atoms with Crippen LogP contribution in [0.5, 0.6) is 0 Å². The molecule has 1 aliphatic rings. The highest BCUT2D eigenvalue weighted by Gasteiger charge is 2.26. The Bertz CT molecular complexity index is 3320. The second-order valence-corrected chi connectivity index (χ2v) is 17.0. The summed E-state index contributed by atoms with van der Waals surface area (Å²) in [5, 5.41) is 15.2. The number of rotatable bonds is 5. The highest BCUT2D eigenvalue weighted by atomic mass is 32.1. The molecule has 0 radical (unpaired) electrons. The fourth-order valence-corrected chi connectivity index (χ4v) is 11.0. The molecule has 0 spiro atoms. The van der Waals surface area contributed by atoms with Crippen LogP contribution in [0.15, 0.2) is 187 Å². The third-order valence-corrected chi connectivity index (χ3v) is 13.8. The molecule has 0 saturated carbocycles. The predicted molar refractivity (Wildman–Crippen MR) is 243 cm³/mol. The summed E-state index contributed by atoms with van der Waals surface area (Å²) in [4.78, 5) is 5.24. The predicted octanol–water partition coefficient (Wildman–Crippen LogP) is 13.5. The van der Waals surface area contributed by atoms with Crippen LogP contribution in [0.25, 0.3) is 79.0 Å². The maximum atomic E-state index is 5.24. The fraction of sp³-hybridized carbons (Fsp3) is 0.0392. The van der Waals surface area contributed by atoms with Gasteiger partial charge in [-0.1, -0.05) is 127 Å². The number of hydrogen-bond donors (Lipinski definition) is 2. The maximum Gasteiger partial charge on any atom is 0.131 e. The van der Waals surface area contributed by atoms with E-state index < -0.39 is 0 Å². The van der Waals surface area contributed by atoms with Gasteiger partial charge < -0.3 is 9.88 Å². The van der Waals surface area contributed by atoms with Crippen molar-refractivity contribution in [2.24, 2.45) is 4.99 Å². The van der Waals surface area contributed by atoms with E-state index >= 15 is 0 Å². The molecule has 0 aliphatic carbocycles. The van der Waals surface area contributed by atoms with Crippen molar-refractivity contribution in [3.63, 3.8) is 0 Å². The van der Waals surface area contributed by atoms with E-state index in [1.807, 2.05) is 28.7 Å². The van der Waals surface area contributed by atoms with Crippen molar-refractivity contribution in [3.8, 4) is 16.8 Å². The van der Waals surface area contributed by atoms with Crippen molar-refractivity contribution < 1.29 is 0 Å². The quantitative estimate of drug-likeness (QED) is 0.183. The molecule has 12 rings (SSSR count). The summed E-state index contributed by atoms with van der Waals surface area (Å²) in [6.45, 7) is 0. The third kappa shape index (κ3) is 5.33. The molecule has 4 heterocycles. The first-order chi connectivity index (χ1) is 28.2. The molecular formula is C51H34N4S2. The molecule has 8 aromatic carbocycles. The van der Waals surface area contributed by atoms with Gasteiger partial charge in [0.25, 0.3) is 0 Å². The van der Waals surface area contributed by atoms with E-state index in [1.54, 1.807) is 0 Å². The van der Waals surface area contributed by atoms with Crippen molar-refractivity contribution in [1.82, 2.24) is 15.2 Å². The molecule has 0 fully saturated rings. The van der Waals surface area contributed by atoms with E-state index in [0.29, 0.717) is 0 Å². The minimum atomic E-state index is -0.215. The summed E-state index contributed by atoms with van der Waals surface area (Å²) in [7, 11) is 0. The van der Waals surface area contributed by atoms with Gasteiger partial charge in [0.05, 0.1) is 11.0 Å². The number of aromatic nitrogens is 1. The van der Waals surface area contributed by atoms with E-state index in [4.69, 9.17) is 4.99 Å². The minimum absolute atomic E-state index is 0.0793. The van der Waals surface area contributed by atoms with Gasteiger partial charge in [-0.05, 0) is 76.9 Å². The molecule has 0 bridgehead atoms. The van der Waals surface area contributed by atoms with Crippen LogP contribution in [0.4, 0.5) is 0 Å². The number of aliphatic imine (C=N–C) groups is 1. The number of thiophene rings is 2. The van der Waals surface area contributed by atoms with Gasteiger partial charge in [0.1, 0.15) is 18.2 Å². The zero-order valence-electron chi connectivity index (χ0n) is 30.7. The van der Waals surface area contributed by atoms with Crippen LogP contribution in [0, 0.1) is 0 Å². The van der Waals surface area contributed by atoms with Gasteiger partial charge in [0.15, 0.2) is 0 Å². The number of para-hydroxylation sites is 2. The summed E-state index contributed by atoms with van der Waals surface area (Å²) in [6.07, 6.45) is -0.295. The maximum absolute atomic E-state index is 5.24. The summed E-state index contributed by atoms with van der Waals surface area (Å²) >= 11 is 3.74. The minimum Gasteiger partial charge on any atom is -0.350 e. The van der Waals surface area contributed by atoms with Crippen LogP contribution in [0.1, 0.15) is 29.0 Å². The van der Waals surface area contributed by atoms with Crippen molar-refractivity contribution in [1.29, 1.82) is 0 Å². The van der Waals surface area contributed by atoms with Crippen LogP contribution in [-0.2, 0) is 0 Å². The smallest absolute Gasteiger partial charge is 0.131 e. The topological polar surface area (TPSA) is 41.4 Å². The van der Waals surface area contributed by atoms with Gasteiger partial charge in [-0.15, -0.1) is 22.7 Å². The largest absolute Gasteiger partial charge is 0.350 e. The summed E-state index contributed by atoms with van der Waals surface area (Å²) in [6, 6.07) is 66.1. The highest BCUT2D eigenvalue weighted by Crippen LogP contribution is 2.44. The Kier molecular flexibility index (Phi) is 7.45. The van der Waals surface area contributed by atoms with E-state index in [1.165, 1.54) is 84.5 Å². The SMILES string of the molecule is c1ccc(C2=NC(c3ccc4sc5ccc(-c6cccc7sc8cc(-n9c%10ccccc%10c%10ccccc%109)ccc8c67)cc5c4c3)NC(c3ccccc3)N2)cc1. The molecule has 11 aromatic rings. The number of amidine groups is 1. The summed E-state index contributed by atoms with van der Waals surface area (Å²) in [5.74, 6) is 0.893. The van der Waals surface area contributed by atoms with Gasteiger partial charge in [-0.2, -0.15) is 0 Å². The lowest BCUT2D eigenvalue weighted by molar-refractivity contribution is 0.409. The average Bonchev–Trinajstić information content (AvgIpc) is 3.95. The van der Waals surface area contributed by atoms with E-state index in [2.05, 4.69) is 191 Å². The summed E-state index contributed by atoms with van der Waals surface area (Å²) in [5.41, 5.74) is 9.55. The van der Waals surface area contributed by atoms with Gasteiger partial charge in [-0.25, -0.2) is 4.99 Å². The van der Waals surface area contributed by atoms with E-state index in [0.717, 1.165) is 17.0 Å². The van der Waals surface area contributed by atoms with Gasteiger partial charge in [0, 0.05) is 62.4 Å². The Balaban J connectivity index is 0.964. The van der Waals surface area contributed by atoms with Crippen LogP contribution >= 0.6 is 22.7 Å². The number of fused-ring (bicyclic) bond motifs is 9. The normalized spacial score (nSPS) is 15.9. The molecule has 2 unspecified atom stereocenters. The molecule has 1 aliphatic heterocycles. The van der Waals surface area contributed by atoms with Gasteiger partial charge in [0.2, 0.25) is 0 Å². The summed E-state index contributed by atoms with van der Waals surface area (Å²) < 4.78 is 7.58. The Morgan fingerprint density at radius 2 is 1.14 bits per heavy atom. The Hall–Kier alpha value is -6.57. The monoisotopic (exact) mass is 766 g/mol. The number of benzene rings is 8. The second kappa shape index (κ2) is 13.0. The van der Waals surface area contributed by atoms with Crippen LogP contribution in [-0.4, -0.2) is 10.4 Å². The first-order valence-corrected chi connectivity index (χ1v) is 21.0. The van der Waals surface area contributed by atoms with Crippen molar-refractivity contribution in [2.75, 3.05) is 0 Å². The Morgan fingerprint density at radius 1 is 0.456 bits per heavy atom. The molecule has 4 nitrogen and oxygen atoms in total. The molecule has 0 amide bonds. The Morgan fingerprint density at radius 3 is 1.93 bits per heavy atom. The van der Waals surface area contributed by atoms with Gasteiger partial charge >= 0.3 is 0 Å². The zero-order chi connectivity index (χ0) is 37.5. The standard InChI is InChI=1S/C51H34N4S2/c1-3-12-31(13-4-1)49-52-50(32-14-5-2-6-15-32)54-51(53-49)34-23-27-45-41(29-34)40-28-33(22-26-44(40)56-45)36-18-11-21-46-48(36)39-25-24-35(30-47(39)57-46)55-42-19-9-7-16-37(42)38-17-8-10-20-43(38)55/h1-30,49,51,53H,(H,52,54). The molecular weight excluding hydrogens is 733 g/mol.